The summed E-state index contributed by atoms with van der Waals surface area (Å²) < 4.78 is 5.32. The van der Waals surface area contributed by atoms with Gasteiger partial charge in [-0.15, -0.1) is 0 Å². The molecule has 4 rings (SSSR count). The molecular formula is C22H29N3O2. The topological polar surface area (TPSA) is 49.6 Å². The zero-order valence-corrected chi connectivity index (χ0v) is 16.1. The predicted molar refractivity (Wildman–Crippen MR) is 105 cm³/mol. The lowest BCUT2D eigenvalue weighted by molar-refractivity contribution is 0.0622. The number of aromatic nitrogens is 1. The molecule has 27 heavy (non-hydrogen) atoms. The fourth-order valence-corrected chi connectivity index (χ4v) is 4.33. The van der Waals surface area contributed by atoms with E-state index in [-0.39, 0.29) is 5.91 Å². The average Bonchev–Trinajstić information content (AvgIpc) is 3.24. The van der Waals surface area contributed by atoms with E-state index >= 15 is 0 Å². The molecule has 0 aliphatic carbocycles. The van der Waals surface area contributed by atoms with Crippen LogP contribution in [0.1, 0.15) is 43.0 Å². The minimum atomic E-state index is 0.149. The normalized spacial score (nSPS) is 22.1. The summed E-state index contributed by atoms with van der Waals surface area (Å²) in [5.41, 5.74) is 1.70. The molecule has 5 heteroatoms. The second-order valence-electron chi connectivity index (χ2n) is 8.19. The molecule has 2 aliphatic heterocycles. The minimum Gasteiger partial charge on any atom is -0.444 e. The molecule has 0 saturated carbocycles. The Kier molecular flexibility index (Phi) is 5.58. The summed E-state index contributed by atoms with van der Waals surface area (Å²) in [5, 5.41) is 0. The molecule has 1 atom stereocenters. The number of rotatable bonds is 4. The highest BCUT2D eigenvalue weighted by Crippen LogP contribution is 2.24. The van der Waals surface area contributed by atoms with Crippen LogP contribution in [-0.4, -0.2) is 53.4 Å². The molecule has 5 nitrogen and oxygen atoms in total. The van der Waals surface area contributed by atoms with Crippen LogP contribution in [-0.2, 0) is 0 Å². The van der Waals surface area contributed by atoms with Crippen molar-refractivity contribution in [3.8, 4) is 11.3 Å². The van der Waals surface area contributed by atoms with Gasteiger partial charge in [0.05, 0.1) is 6.20 Å². The van der Waals surface area contributed by atoms with Crippen LogP contribution >= 0.6 is 0 Å². The first kappa shape index (κ1) is 18.2. The second kappa shape index (κ2) is 8.26. The number of carbonyl (C=O) groups is 1. The van der Waals surface area contributed by atoms with E-state index in [1.54, 1.807) is 6.20 Å². The molecule has 0 spiro atoms. The number of carbonyl (C=O) groups excluding carboxylic acids is 1. The zero-order valence-electron chi connectivity index (χ0n) is 16.1. The van der Waals surface area contributed by atoms with Crippen LogP contribution in [0, 0.1) is 11.8 Å². The number of likely N-dealkylation sites (tertiary alicyclic amines) is 2. The number of oxazole rings is 1. The molecule has 2 fully saturated rings. The van der Waals surface area contributed by atoms with Crippen molar-refractivity contribution in [3.63, 3.8) is 0 Å². The summed E-state index contributed by atoms with van der Waals surface area (Å²) in [6.45, 7) is 7.68. The van der Waals surface area contributed by atoms with E-state index in [0.717, 1.165) is 48.9 Å². The van der Waals surface area contributed by atoms with Crippen molar-refractivity contribution >= 4 is 5.91 Å². The fraction of sp³-hybridized carbons (Fsp3) is 0.545. The van der Waals surface area contributed by atoms with Gasteiger partial charge in [0.1, 0.15) is 0 Å². The number of nitrogens with zero attached hydrogens (tertiary/aromatic N) is 3. The van der Waals surface area contributed by atoms with Gasteiger partial charge in [-0.25, -0.2) is 4.98 Å². The number of hydrogen-bond donors (Lipinski definition) is 0. The Morgan fingerprint density at radius 3 is 2.63 bits per heavy atom. The third-order valence-electron chi connectivity index (χ3n) is 6.05. The highest BCUT2D eigenvalue weighted by Gasteiger charge is 2.27. The first-order chi connectivity index (χ1) is 13.2. The van der Waals surface area contributed by atoms with Crippen LogP contribution in [0.15, 0.2) is 41.3 Å². The van der Waals surface area contributed by atoms with E-state index < -0.39 is 0 Å². The molecule has 1 unspecified atom stereocenters. The molecule has 1 aromatic carbocycles. The highest BCUT2D eigenvalue weighted by atomic mass is 16.3. The van der Waals surface area contributed by atoms with Gasteiger partial charge in [0.2, 0.25) is 0 Å². The van der Waals surface area contributed by atoms with Crippen molar-refractivity contribution in [2.75, 3.05) is 32.7 Å². The molecule has 0 bridgehead atoms. The lowest BCUT2D eigenvalue weighted by atomic mass is 9.94. The highest BCUT2D eigenvalue weighted by molar-refractivity contribution is 5.94. The van der Waals surface area contributed by atoms with Crippen molar-refractivity contribution in [1.82, 2.24) is 14.8 Å². The molecule has 3 heterocycles. The zero-order chi connectivity index (χ0) is 18.6. The van der Waals surface area contributed by atoms with E-state index in [4.69, 9.17) is 4.42 Å². The molecule has 0 N–H and O–H groups in total. The molecule has 2 aliphatic rings. The minimum absolute atomic E-state index is 0.149. The van der Waals surface area contributed by atoms with E-state index in [9.17, 15) is 4.79 Å². The van der Waals surface area contributed by atoms with Crippen molar-refractivity contribution in [1.29, 1.82) is 0 Å². The molecule has 0 radical (unpaired) electrons. The van der Waals surface area contributed by atoms with Gasteiger partial charge in [0, 0.05) is 30.8 Å². The van der Waals surface area contributed by atoms with E-state index in [2.05, 4.69) is 16.8 Å². The van der Waals surface area contributed by atoms with E-state index in [1.807, 2.05) is 29.2 Å². The van der Waals surface area contributed by atoms with Gasteiger partial charge in [-0.05, 0) is 62.7 Å². The van der Waals surface area contributed by atoms with E-state index in [0.29, 0.717) is 5.92 Å². The molecule has 144 valence electrons. The lowest BCUT2D eigenvalue weighted by Gasteiger charge is -2.38. The van der Waals surface area contributed by atoms with Gasteiger partial charge in [-0.1, -0.05) is 19.1 Å². The van der Waals surface area contributed by atoms with Crippen molar-refractivity contribution in [3.05, 3.63) is 42.4 Å². The van der Waals surface area contributed by atoms with Crippen LogP contribution in [0.3, 0.4) is 0 Å². The fourth-order valence-electron chi connectivity index (χ4n) is 4.33. The molecule has 1 aromatic heterocycles. The van der Waals surface area contributed by atoms with Crippen LogP contribution in [0.25, 0.3) is 11.3 Å². The number of amides is 1. The van der Waals surface area contributed by atoms with Crippen molar-refractivity contribution < 1.29 is 9.21 Å². The molecule has 2 aromatic rings. The van der Waals surface area contributed by atoms with Gasteiger partial charge in [0.15, 0.2) is 12.2 Å². The largest absolute Gasteiger partial charge is 0.444 e. The van der Waals surface area contributed by atoms with E-state index in [1.165, 1.54) is 38.7 Å². The SMILES string of the molecule is CC1CCN(CC2CCCN(C(=O)c3ccc(-c4cnco4)cc3)C2)CC1. The third kappa shape index (κ3) is 4.41. The van der Waals surface area contributed by atoms with Crippen molar-refractivity contribution in [2.24, 2.45) is 11.8 Å². The number of benzene rings is 1. The first-order valence-corrected chi connectivity index (χ1v) is 10.2. The number of piperidine rings is 2. The summed E-state index contributed by atoms with van der Waals surface area (Å²) in [5.74, 6) is 2.34. The van der Waals surface area contributed by atoms with Crippen LogP contribution in [0.4, 0.5) is 0 Å². The maximum absolute atomic E-state index is 13.0. The Morgan fingerprint density at radius 2 is 1.93 bits per heavy atom. The summed E-state index contributed by atoms with van der Waals surface area (Å²) in [6, 6.07) is 7.67. The first-order valence-electron chi connectivity index (χ1n) is 10.2. The van der Waals surface area contributed by atoms with Gasteiger partial charge in [-0.3, -0.25) is 4.79 Å². The quantitative estimate of drug-likeness (QED) is 0.822. The average molecular weight is 367 g/mol. The maximum atomic E-state index is 13.0. The molecule has 1 amide bonds. The molecular weight excluding hydrogens is 338 g/mol. The predicted octanol–water partition coefficient (Wildman–Crippen LogP) is 3.93. The van der Waals surface area contributed by atoms with Crippen molar-refractivity contribution in [2.45, 2.75) is 32.6 Å². The Hall–Kier alpha value is -2.14. The van der Waals surface area contributed by atoms with Crippen LogP contribution in [0.5, 0.6) is 0 Å². The Balaban J connectivity index is 1.35. The van der Waals surface area contributed by atoms with Gasteiger partial charge in [0.25, 0.3) is 5.91 Å². The lowest BCUT2D eigenvalue weighted by Crippen LogP contribution is -2.45. The summed E-state index contributed by atoms with van der Waals surface area (Å²) in [7, 11) is 0. The standard InChI is InChI=1S/C22H29N3O2/c1-17-8-11-24(12-9-17)14-18-3-2-10-25(15-18)22(26)20-6-4-19(5-7-20)21-13-23-16-27-21/h4-7,13,16-18H,2-3,8-12,14-15H2,1H3. The summed E-state index contributed by atoms with van der Waals surface area (Å²) in [6.07, 6.45) is 8.08. The van der Waals surface area contributed by atoms with Crippen LogP contribution < -0.4 is 0 Å². The molecule has 2 saturated heterocycles. The number of hydrogen-bond acceptors (Lipinski definition) is 4. The summed E-state index contributed by atoms with van der Waals surface area (Å²) >= 11 is 0. The Morgan fingerprint density at radius 1 is 1.15 bits per heavy atom. The smallest absolute Gasteiger partial charge is 0.253 e. The Bertz CT molecular complexity index is 733. The maximum Gasteiger partial charge on any atom is 0.253 e. The Labute approximate surface area is 161 Å². The second-order valence-corrected chi connectivity index (χ2v) is 8.19. The van der Waals surface area contributed by atoms with Gasteiger partial charge < -0.3 is 14.2 Å². The monoisotopic (exact) mass is 367 g/mol. The third-order valence-corrected chi connectivity index (χ3v) is 6.05. The summed E-state index contributed by atoms with van der Waals surface area (Å²) in [4.78, 5) is 21.5. The van der Waals surface area contributed by atoms with Gasteiger partial charge in [-0.2, -0.15) is 0 Å². The van der Waals surface area contributed by atoms with Crippen LogP contribution in [0.2, 0.25) is 0 Å². The van der Waals surface area contributed by atoms with Gasteiger partial charge >= 0.3 is 0 Å².